The maximum Gasteiger partial charge on any atom is 0.324 e. The Morgan fingerprint density at radius 2 is 2.21 bits per heavy atom. The lowest BCUT2D eigenvalue weighted by Crippen LogP contribution is -2.49. The first-order chi connectivity index (χ1) is 9.02. The number of carbonyl (C=O) groups excluding carboxylic acids is 1. The van der Waals surface area contributed by atoms with Crippen molar-refractivity contribution < 1.29 is 14.3 Å². The molecule has 0 radical (unpaired) electrons. The normalized spacial score (nSPS) is 21.7. The van der Waals surface area contributed by atoms with E-state index in [2.05, 4.69) is 10.2 Å². The van der Waals surface area contributed by atoms with Crippen molar-refractivity contribution >= 4 is 5.97 Å². The minimum atomic E-state index is -0.279. The van der Waals surface area contributed by atoms with Crippen LogP contribution in [0.3, 0.4) is 0 Å². The van der Waals surface area contributed by atoms with E-state index in [0.717, 1.165) is 19.6 Å². The number of nitrogens with one attached hydrogen (secondary N) is 1. The molecule has 19 heavy (non-hydrogen) atoms. The van der Waals surface area contributed by atoms with E-state index in [-0.39, 0.29) is 18.1 Å². The van der Waals surface area contributed by atoms with Gasteiger partial charge in [-0.1, -0.05) is 13.8 Å². The smallest absolute Gasteiger partial charge is 0.324 e. The molecule has 112 valence electrons. The third-order valence-corrected chi connectivity index (χ3v) is 3.30. The minimum absolute atomic E-state index is 0.204. The summed E-state index contributed by atoms with van der Waals surface area (Å²) in [7, 11) is 3.46. The Morgan fingerprint density at radius 1 is 1.47 bits per heavy atom. The third-order valence-electron chi connectivity index (χ3n) is 3.30. The third kappa shape index (κ3) is 6.36. The summed E-state index contributed by atoms with van der Waals surface area (Å²) in [6.45, 7) is 6.43. The van der Waals surface area contributed by atoms with Gasteiger partial charge in [0.15, 0.2) is 0 Å². The molecule has 0 amide bonds. The zero-order valence-corrected chi connectivity index (χ0v) is 12.6. The average Bonchev–Trinajstić information content (AvgIpc) is 2.37. The SMILES string of the molecule is COC(=O)C(CN(C)CC1CCCCO1)NC(C)C. The summed E-state index contributed by atoms with van der Waals surface area (Å²) in [6, 6.07) is -0.0259. The lowest BCUT2D eigenvalue weighted by Gasteiger charge is -2.30. The van der Waals surface area contributed by atoms with E-state index < -0.39 is 0 Å². The fourth-order valence-electron chi connectivity index (χ4n) is 2.43. The van der Waals surface area contributed by atoms with Crippen molar-refractivity contribution in [1.29, 1.82) is 0 Å². The predicted octanol–water partition coefficient (Wildman–Crippen LogP) is 1.03. The van der Waals surface area contributed by atoms with Crippen LogP contribution in [0.1, 0.15) is 33.1 Å². The maximum atomic E-state index is 11.7. The molecule has 1 fully saturated rings. The Balaban J connectivity index is 2.40. The Labute approximate surface area is 116 Å². The van der Waals surface area contributed by atoms with Gasteiger partial charge >= 0.3 is 5.97 Å². The number of methoxy groups -OCH3 is 1. The van der Waals surface area contributed by atoms with Gasteiger partial charge in [0.05, 0.1) is 13.2 Å². The summed E-state index contributed by atoms with van der Waals surface area (Å²) in [5.74, 6) is -0.204. The first kappa shape index (κ1) is 16.4. The summed E-state index contributed by atoms with van der Waals surface area (Å²) < 4.78 is 10.6. The summed E-state index contributed by atoms with van der Waals surface area (Å²) in [6.07, 6.45) is 3.82. The Kier molecular flexibility index (Phi) is 7.34. The molecule has 0 saturated carbocycles. The topological polar surface area (TPSA) is 50.8 Å². The van der Waals surface area contributed by atoms with Crippen molar-refractivity contribution in [3.8, 4) is 0 Å². The second-order valence-corrected chi connectivity index (χ2v) is 5.61. The first-order valence-electron chi connectivity index (χ1n) is 7.17. The number of carbonyl (C=O) groups is 1. The lowest BCUT2D eigenvalue weighted by molar-refractivity contribution is -0.144. The molecule has 5 heteroatoms. The van der Waals surface area contributed by atoms with E-state index >= 15 is 0 Å². The van der Waals surface area contributed by atoms with Gasteiger partial charge in [0.2, 0.25) is 0 Å². The van der Waals surface area contributed by atoms with Crippen molar-refractivity contribution in [3.63, 3.8) is 0 Å². The van der Waals surface area contributed by atoms with Crippen LogP contribution in [0, 0.1) is 0 Å². The standard InChI is InChI=1S/C14H28N2O3/c1-11(2)15-13(14(17)18-4)10-16(3)9-12-7-5-6-8-19-12/h11-13,15H,5-10H2,1-4H3. The predicted molar refractivity (Wildman–Crippen MR) is 75.2 cm³/mol. The molecule has 1 heterocycles. The lowest BCUT2D eigenvalue weighted by atomic mass is 10.1. The highest BCUT2D eigenvalue weighted by molar-refractivity contribution is 5.75. The number of hydrogen-bond acceptors (Lipinski definition) is 5. The molecule has 0 aromatic rings. The van der Waals surface area contributed by atoms with Gasteiger partial charge in [0, 0.05) is 25.7 Å². The fraction of sp³-hybridized carbons (Fsp3) is 0.929. The molecule has 1 aliphatic rings. The zero-order chi connectivity index (χ0) is 14.3. The van der Waals surface area contributed by atoms with Gasteiger partial charge in [-0.15, -0.1) is 0 Å². The molecule has 5 nitrogen and oxygen atoms in total. The molecule has 2 atom stereocenters. The van der Waals surface area contributed by atoms with Gasteiger partial charge in [-0.05, 0) is 26.3 Å². The molecule has 0 aromatic carbocycles. The van der Waals surface area contributed by atoms with E-state index in [1.54, 1.807) is 0 Å². The fourth-order valence-corrected chi connectivity index (χ4v) is 2.43. The largest absolute Gasteiger partial charge is 0.468 e. The van der Waals surface area contributed by atoms with Gasteiger partial charge in [0.1, 0.15) is 6.04 Å². The molecule has 1 saturated heterocycles. The maximum absolute atomic E-state index is 11.7. The second-order valence-electron chi connectivity index (χ2n) is 5.61. The highest BCUT2D eigenvalue weighted by atomic mass is 16.5. The monoisotopic (exact) mass is 272 g/mol. The second kappa shape index (κ2) is 8.51. The highest BCUT2D eigenvalue weighted by Gasteiger charge is 2.23. The van der Waals surface area contributed by atoms with Crippen molar-refractivity contribution in [1.82, 2.24) is 10.2 Å². The van der Waals surface area contributed by atoms with Crippen molar-refractivity contribution in [2.45, 2.75) is 51.3 Å². The van der Waals surface area contributed by atoms with Gasteiger partial charge in [-0.3, -0.25) is 4.79 Å². The molecule has 0 spiro atoms. The van der Waals surface area contributed by atoms with Crippen molar-refractivity contribution in [2.24, 2.45) is 0 Å². The molecule has 0 aliphatic carbocycles. The zero-order valence-electron chi connectivity index (χ0n) is 12.6. The number of hydrogen-bond donors (Lipinski definition) is 1. The van der Waals surface area contributed by atoms with Crippen LogP contribution in [0.2, 0.25) is 0 Å². The van der Waals surface area contributed by atoms with Crippen LogP contribution >= 0.6 is 0 Å². The number of nitrogens with zero attached hydrogens (tertiary/aromatic N) is 1. The van der Waals surface area contributed by atoms with Crippen molar-refractivity contribution in [2.75, 3.05) is 33.9 Å². The van der Waals surface area contributed by atoms with Gasteiger partial charge in [-0.2, -0.15) is 0 Å². The number of esters is 1. The van der Waals surface area contributed by atoms with Gasteiger partial charge in [0.25, 0.3) is 0 Å². The average molecular weight is 272 g/mol. The number of ether oxygens (including phenoxy) is 2. The summed E-state index contributed by atoms with van der Waals surface area (Å²) >= 11 is 0. The van der Waals surface area contributed by atoms with Crippen LogP contribution < -0.4 is 5.32 Å². The van der Waals surface area contributed by atoms with Crippen LogP contribution in [0.15, 0.2) is 0 Å². The minimum Gasteiger partial charge on any atom is -0.468 e. The van der Waals surface area contributed by atoms with Crippen LogP contribution in [-0.2, 0) is 14.3 Å². The van der Waals surface area contributed by atoms with Crippen molar-refractivity contribution in [3.05, 3.63) is 0 Å². The Hall–Kier alpha value is -0.650. The summed E-state index contributed by atoms with van der Waals surface area (Å²) in [5, 5.41) is 3.24. The molecular weight excluding hydrogens is 244 g/mol. The van der Waals surface area contributed by atoms with E-state index in [0.29, 0.717) is 12.6 Å². The number of likely N-dealkylation sites (N-methyl/N-ethyl adjacent to an activating group) is 1. The van der Waals surface area contributed by atoms with Gasteiger partial charge in [-0.25, -0.2) is 0 Å². The quantitative estimate of drug-likeness (QED) is 0.702. The molecule has 1 N–H and O–H groups in total. The van der Waals surface area contributed by atoms with Crippen LogP contribution in [0.25, 0.3) is 0 Å². The van der Waals surface area contributed by atoms with Gasteiger partial charge < -0.3 is 19.7 Å². The molecule has 0 aromatic heterocycles. The number of rotatable bonds is 7. The molecule has 0 bridgehead atoms. The summed E-state index contributed by atoms with van der Waals surface area (Å²) in [4.78, 5) is 13.9. The molecule has 1 rings (SSSR count). The van der Waals surface area contributed by atoms with E-state index in [1.807, 2.05) is 20.9 Å². The highest BCUT2D eigenvalue weighted by Crippen LogP contribution is 2.13. The van der Waals surface area contributed by atoms with Crippen LogP contribution in [0.5, 0.6) is 0 Å². The molecular formula is C14H28N2O3. The van der Waals surface area contributed by atoms with Crippen LogP contribution in [0.4, 0.5) is 0 Å². The molecule has 2 unspecified atom stereocenters. The van der Waals surface area contributed by atoms with E-state index in [4.69, 9.17) is 9.47 Å². The van der Waals surface area contributed by atoms with E-state index in [1.165, 1.54) is 20.0 Å². The Bertz CT molecular complexity index is 265. The van der Waals surface area contributed by atoms with E-state index in [9.17, 15) is 4.79 Å². The van der Waals surface area contributed by atoms with Crippen LogP contribution in [-0.4, -0.2) is 62.9 Å². The molecule has 1 aliphatic heterocycles. The first-order valence-corrected chi connectivity index (χ1v) is 7.17. The summed E-state index contributed by atoms with van der Waals surface area (Å²) in [5.41, 5.74) is 0. The Morgan fingerprint density at radius 3 is 2.74 bits per heavy atom.